The van der Waals surface area contributed by atoms with Crippen LogP contribution in [-0.2, 0) is 0 Å². The normalized spacial score (nSPS) is 10.8. The molecule has 0 spiro atoms. The first-order chi connectivity index (χ1) is 8.24. The number of fused-ring (bicyclic) bond motifs is 1. The molecule has 1 heterocycles. The van der Waals surface area contributed by atoms with Crippen LogP contribution in [0.25, 0.3) is 22.2 Å². The van der Waals surface area contributed by atoms with Gasteiger partial charge in [0.2, 0.25) is 0 Å². The van der Waals surface area contributed by atoms with E-state index in [-0.39, 0.29) is 0 Å². The lowest BCUT2D eigenvalue weighted by atomic mass is 10.0. The molecule has 4 heteroatoms. The van der Waals surface area contributed by atoms with Gasteiger partial charge in [0.25, 0.3) is 0 Å². The number of nitrogen functional groups attached to an aromatic ring is 1. The Bertz CT molecular complexity index is 726. The third-order valence-electron chi connectivity index (χ3n) is 2.66. The van der Waals surface area contributed by atoms with Crippen LogP contribution in [0, 0.1) is 0 Å². The van der Waals surface area contributed by atoms with Gasteiger partial charge < -0.3 is 10.2 Å². The molecule has 3 rings (SSSR count). The Balaban J connectivity index is 2.29. The summed E-state index contributed by atoms with van der Waals surface area (Å²) < 4.78 is 4.95. The number of anilines is 1. The van der Waals surface area contributed by atoms with Gasteiger partial charge >= 0.3 is 5.76 Å². The average Bonchev–Trinajstić information content (AvgIpc) is 2.71. The molecule has 0 aliphatic rings. The van der Waals surface area contributed by atoms with Crippen LogP contribution in [0.2, 0.25) is 0 Å². The molecule has 0 unspecified atom stereocenters. The highest BCUT2D eigenvalue weighted by Gasteiger charge is 2.07. The Morgan fingerprint density at radius 2 is 1.82 bits per heavy atom. The first kappa shape index (κ1) is 9.72. The van der Waals surface area contributed by atoms with Crippen LogP contribution < -0.4 is 11.5 Å². The van der Waals surface area contributed by atoms with Gasteiger partial charge in [-0.05, 0) is 23.3 Å². The molecule has 1 aromatic heterocycles. The Labute approximate surface area is 96.7 Å². The van der Waals surface area contributed by atoms with Crippen molar-refractivity contribution >= 4 is 16.8 Å². The maximum atomic E-state index is 11.1. The average molecular weight is 226 g/mol. The molecular weight excluding hydrogens is 216 g/mol. The van der Waals surface area contributed by atoms with Gasteiger partial charge in [0.1, 0.15) is 0 Å². The van der Waals surface area contributed by atoms with E-state index in [0.717, 1.165) is 11.1 Å². The van der Waals surface area contributed by atoms with Gasteiger partial charge in [-0.15, -0.1) is 0 Å². The molecule has 2 aromatic carbocycles. The summed E-state index contributed by atoms with van der Waals surface area (Å²) >= 11 is 0. The van der Waals surface area contributed by atoms with Crippen molar-refractivity contribution in [3.05, 3.63) is 53.0 Å². The third kappa shape index (κ3) is 1.59. The molecule has 0 amide bonds. The van der Waals surface area contributed by atoms with Crippen molar-refractivity contribution in [3.63, 3.8) is 0 Å². The van der Waals surface area contributed by atoms with Crippen LogP contribution in [-0.4, -0.2) is 4.98 Å². The number of nitrogens with one attached hydrogen (secondary N) is 1. The predicted octanol–water partition coefficient (Wildman–Crippen LogP) is 2.37. The number of aromatic amines is 1. The van der Waals surface area contributed by atoms with Gasteiger partial charge in [0.05, 0.1) is 11.2 Å². The summed E-state index contributed by atoms with van der Waals surface area (Å²) in [6, 6.07) is 13.5. The van der Waals surface area contributed by atoms with Crippen LogP contribution in [0.15, 0.2) is 51.7 Å². The zero-order chi connectivity index (χ0) is 11.8. The van der Waals surface area contributed by atoms with E-state index in [0.29, 0.717) is 16.8 Å². The van der Waals surface area contributed by atoms with E-state index >= 15 is 0 Å². The number of aromatic nitrogens is 1. The van der Waals surface area contributed by atoms with Crippen molar-refractivity contribution in [2.45, 2.75) is 0 Å². The second kappa shape index (κ2) is 3.52. The summed E-state index contributed by atoms with van der Waals surface area (Å²) in [5, 5.41) is 0. The van der Waals surface area contributed by atoms with Gasteiger partial charge in [-0.2, -0.15) is 0 Å². The van der Waals surface area contributed by atoms with E-state index in [1.54, 1.807) is 6.07 Å². The van der Waals surface area contributed by atoms with E-state index in [9.17, 15) is 4.79 Å². The van der Waals surface area contributed by atoms with E-state index in [1.807, 2.05) is 36.4 Å². The number of benzene rings is 2. The Morgan fingerprint density at radius 3 is 2.59 bits per heavy atom. The summed E-state index contributed by atoms with van der Waals surface area (Å²) in [6.07, 6.45) is 0. The monoisotopic (exact) mass is 226 g/mol. The molecule has 0 aliphatic carbocycles. The fourth-order valence-corrected chi connectivity index (χ4v) is 1.88. The number of hydrogen-bond donors (Lipinski definition) is 2. The SMILES string of the molecule is Nc1cc(-c2ccccc2)cc2[nH]c(=O)oc12. The summed E-state index contributed by atoms with van der Waals surface area (Å²) in [5.74, 6) is -0.489. The lowest BCUT2D eigenvalue weighted by Crippen LogP contribution is -1.92. The molecular formula is C13H10N2O2. The van der Waals surface area contributed by atoms with Crippen molar-refractivity contribution in [1.29, 1.82) is 0 Å². The van der Waals surface area contributed by atoms with Crippen LogP contribution in [0.4, 0.5) is 5.69 Å². The second-order valence-electron chi connectivity index (χ2n) is 3.82. The van der Waals surface area contributed by atoms with Crippen molar-refractivity contribution in [3.8, 4) is 11.1 Å². The standard InChI is InChI=1S/C13H10N2O2/c14-10-6-9(8-4-2-1-3-5-8)7-11-12(10)17-13(16)15-11/h1-7H,14H2,(H,15,16). The lowest BCUT2D eigenvalue weighted by molar-refractivity contribution is 0.556. The van der Waals surface area contributed by atoms with Gasteiger partial charge in [-0.1, -0.05) is 30.3 Å². The van der Waals surface area contributed by atoms with E-state index < -0.39 is 5.76 Å². The number of H-pyrrole nitrogens is 1. The fourth-order valence-electron chi connectivity index (χ4n) is 1.88. The smallest absolute Gasteiger partial charge is 0.406 e. The molecule has 0 aliphatic heterocycles. The van der Waals surface area contributed by atoms with Crippen molar-refractivity contribution < 1.29 is 4.42 Å². The molecule has 3 aromatic rings. The van der Waals surface area contributed by atoms with E-state index in [1.165, 1.54) is 0 Å². The molecule has 0 bridgehead atoms. The summed E-state index contributed by atoms with van der Waals surface area (Å²) in [4.78, 5) is 13.7. The third-order valence-corrected chi connectivity index (χ3v) is 2.66. The van der Waals surface area contributed by atoms with Crippen LogP contribution in [0.5, 0.6) is 0 Å². The summed E-state index contributed by atoms with van der Waals surface area (Å²) in [6.45, 7) is 0. The maximum Gasteiger partial charge on any atom is 0.417 e. The van der Waals surface area contributed by atoms with Crippen molar-refractivity contribution in [2.75, 3.05) is 5.73 Å². The Hall–Kier alpha value is -2.49. The van der Waals surface area contributed by atoms with Gasteiger partial charge in [-0.25, -0.2) is 4.79 Å². The zero-order valence-electron chi connectivity index (χ0n) is 8.94. The Morgan fingerprint density at radius 1 is 1.06 bits per heavy atom. The highest BCUT2D eigenvalue weighted by atomic mass is 16.4. The van der Waals surface area contributed by atoms with Crippen LogP contribution >= 0.6 is 0 Å². The molecule has 0 saturated heterocycles. The summed E-state index contributed by atoms with van der Waals surface area (Å²) in [7, 11) is 0. The molecule has 4 nitrogen and oxygen atoms in total. The number of oxazole rings is 1. The minimum Gasteiger partial charge on any atom is -0.406 e. The largest absolute Gasteiger partial charge is 0.417 e. The van der Waals surface area contributed by atoms with Crippen LogP contribution in [0.3, 0.4) is 0 Å². The topological polar surface area (TPSA) is 72.0 Å². The fraction of sp³-hybridized carbons (Fsp3) is 0. The van der Waals surface area contributed by atoms with Gasteiger partial charge in [0.15, 0.2) is 5.58 Å². The maximum absolute atomic E-state index is 11.1. The van der Waals surface area contributed by atoms with E-state index in [4.69, 9.17) is 10.2 Å². The second-order valence-corrected chi connectivity index (χ2v) is 3.82. The number of rotatable bonds is 1. The van der Waals surface area contributed by atoms with E-state index in [2.05, 4.69) is 4.98 Å². The summed E-state index contributed by atoms with van der Waals surface area (Å²) in [5.41, 5.74) is 9.34. The zero-order valence-corrected chi connectivity index (χ0v) is 8.94. The molecule has 3 N–H and O–H groups in total. The first-order valence-corrected chi connectivity index (χ1v) is 5.22. The van der Waals surface area contributed by atoms with Crippen LogP contribution in [0.1, 0.15) is 0 Å². The molecule has 17 heavy (non-hydrogen) atoms. The molecule has 0 radical (unpaired) electrons. The molecule has 0 fully saturated rings. The minimum absolute atomic E-state index is 0.412. The number of nitrogens with two attached hydrogens (primary N) is 1. The van der Waals surface area contributed by atoms with Gasteiger partial charge in [-0.3, -0.25) is 4.98 Å². The highest BCUT2D eigenvalue weighted by Crippen LogP contribution is 2.27. The highest BCUT2D eigenvalue weighted by molar-refractivity contribution is 5.90. The van der Waals surface area contributed by atoms with Crippen molar-refractivity contribution in [1.82, 2.24) is 4.98 Å². The first-order valence-electron chi connectivity index (χ1n) is 5.22. The lowest BCUT2D eigenvalue weighted by Gasteiger charge is -2.02. The molecule has 0 atom stereocenters. The number of hydrogen-bond acceptors (Lipinski definition) is 3. The molecule has 0 saturated carbocycles. The van der Waals surface area contributed by atoms with Crippen molar-refractivity contribution in [2.24, 2.45) is 0 Å². The molecule has 84 valence electrons. The Kier molecular flexibility index (Phi) is 2.01. The van der Waals surface area contributed by atoms with Gasteiger partial charge in [0, 0.05) is 0 Å². The predicted molar refractivity (Wildman–Crippen MR) is 66.7 cm³/mol. The minimum atomic E-state index is -0.489. The quantitative estimate of drug-likeness (QED) is 0.626.